The van der Waals surface area contributed by atoms with Crippen LogP contribution in [-0.2, 0) is 25.6 Å². The van der Waals surface area contributed by atoms with Crippen LogP contribution in [0, 0.1) is 0 Å². The van der Waals surface area contributed by atoms with Gasteiger partial charge in [0.1, 0.15) is 22.0 Å². The lowest BCUT2D eigenvalue weighted by Gasteiger charge is -2.08. The minimum atomic E-state index is -0.679. The van der Waals surface area contributed by atoms with E-state index < -0.39 is 17.9 Å². The van der Waals surface area contributed by atoms with Crippen molar-refractivity contribution < 1.29 is 28.6 Å². The Hall–Kier alpha value is -2.65. The van der Waals surface area contributed by atoms with E-state index >= 15 is 0 Å². The monoisotopic (exact) mass is 409 g/mol. The molecule has 0 aliphatic rings. The number of hydrogen-bond acceptors (Lipinski definition) is 9. The zero-order valence-electron chi connectivity index (χ0n) is 14.9. The molecule has 0 saturated carbocycles. The van der Waals surface area contributed by atoms with Gasteiger partial charge in [0.05, 0.1) is 13.2 Å². The molecule has 0 atom stereocenters. The number of hydrogen-bond donors (Lipinski definition) is 1. The molecule has 2 rings (SSSR count). The molecule has 144 valence electrons. The number of rotatable bonds is 8. The molecule has 0 unspecified atom stereocenters. The highest BCUT2D eigenvalue weighted by Crippen LogP contribution is 2.33. The molecule has 7 nitrogen and oxygen atoms in total. The number of carbonyl (C=O) groups excluding carboxylic acids is 3. The Kier molecular flexibility index (Phi) is 7.56. The van der Waals surface area contributed by atoms with Gasteiger partial charge in [0, 0.05) is 11.6 Å². The molecule has 0 fully saturated rings. The predicted molar refractivity (Wildman–Crippen MR) is 104 cm³/mol. The quantitative estimate of drug-likeness (QED) is 0.404. The van der Waals surface area contributed by atoms with Crippen LogP contribution in [0.4, 0.5) is 5.00 Å². The smallest absolute Gasteiger partial charge is 0.348 e. The average molecular weight is 409 g/mol. The number of thiophene rings is 2. The Morgan fingerprint density at radius 1 is 1.11 bits per heavy atom. The second-order valence-electron chi connectivity index (χ2n) is 5.09. The van der Waals surface area contributed by atoms with Crippen molar-refractivity contribution >= 4 is 51.7 Å². The zero-order chi connectivity index (χ0) is 19.8. The zero-order valence-corrected chi connectivity index (χ0v) is 16.5. The standard InChI is InChI=1S/C18H19NO6S2/c1-3-23-17(21)14-12(15(27-16(14)19)18(22)24-4-2)9-25-13(20)6-5-11-7-8-26-10-11/h5-8,10H,3-4,9,19H2,1-2H3/b6-5+. The number of nitrogen functional groups attached to an aromatic ring is 1. The third-order valence-corrected chi connectivity index (χ3v) is 5.03. The topological polar surface area (TPSA) is 105 Å². The first kappa shape index (κ1) is 20.7. The highest BCUT2D eigenvalue weighted by Gasteiger charge is 2.28. The lowest BCUT2D eigenvalue weighted by molar-refractivity contribution is -0.138. The molecular weight excluding hydrogens is 390 g/mol. The van der Waals surface area contributed by atoms with Gasteiger partial charge in [-0.15, -0.1) is 11.3 Å². The third-order valence-electron chi connectivity index (χ3n) is 3.29. The molecule has 2 aromatic heterocycles. The lowest BCUT2D eigenvalue weighted by atomic mass is 10.1. The molecule has 2 N–H and O–H groups in total. The summed E-state index contributed by atoms with van der Waals surface area (Å²) in [5.74, 6) is -1.93. The molecule has 0 aliphatic carbocycles. The van der Waals surface area contributed by atoms with Crippen LogP contribution in [0.5, 0.6) is 0 Å². The van der Waals surface area contributed by atoms with Gasteiger partial charge in [-0.3, -0.25) is 0 Å². The maximum absolute atomic E-state index is 12.2. The minimum Gasteiger partial charge on any atom is -0.462 e. The molecule has 0 bridgehead atoms. The first-order valence-electron chi connectivity index (χ1n) is 8.10. The van der Waals surface area contributed by atoms with E-state index in [1.807, 2.05) is 16.8 Å². The van der Waals surface area contributed by atoms with Crippen LogP contribution in [0.2, 0.25) is 0 Å². The van der Waals surface area contributed by atoms with E-state index in [1.54, 1.807) is 19.9 Å². The maximum atomic E-state index is 12.2. The largest absolute Gasteiger partial charge is 0.462 e. The highest BCUT2D eigenvalue weighted by atomic mass is 32.1. The fourth-order valence-electron chi connectivity index (χ4n) is 2.14. The molecule has 0 aliphatic heterocycles. The van der Waals surface area contributed by atoms with Crippen molar-refractivity contribution in [2.75, 3.05) is 18.9 Å². The van der Waals surface area contributed by atoms with Crippen LogP contribution in [-0.4, -0.2) is 31.1 Å². The van der Waals surface area contributed by atoms with E-state index in [2.05, 4.69) is 0 Å². The van der Waals surface area contributed by atoms with Gasteiger partial charge in [-0.25, -0.2) is 14.4 Å². The number of anilines is 1. The first-order chi connectivity index (χ1) is 13.0. The van der Waals surface area contributed by atoms with Crippen molar-refractivity contribution in [3.63, 3.8) is 0 Å². The van der Waals surface area contributed by atoms with E-state index in [4.69, 9.17) is 19.9 Å². The Bertz CT molecular complexity index is 838. The van der Waals surface area contributed by atoms with Gasteiger partial charge in [0.25, 0.3) is 0 Å². The van der Waals surface area contributed by atoms with E-state index in [1.165, 1.54) is 17.4 Å². The number of esters is 3. The summed E-state index contributed by atoms with van der Waals surface area (Å²) >= 11 is 2.41. The second-order valence-corrected chi connectivity index (χ2v) is 6.92. The minimum absolute atomic E-state index is 0.0273. The van der Waals surface area contributed by atoms with Crippen LogP contribution in [0.25, 0.3) is 6.08 Å². The van der Waals surface area contributed by atoms with E-state index in [9.17, 15) is 14.4 Å². The van der Waals surface area contributed by atoms with E-state index in [-0.39, 0.29) is 40.8 Å². The van der Waals surface area contributed by atoms with Gasteiger partial charge < -0.3 is 19.9 Å². The van der Waals surface area contributed by atoms with Crippen molar-refractivity contribution in [2.45, 2.75) is 20.5 Å². The Morgan fingerprint density at radius 2 is 1.81 bits per heavy atom. The van der Waals surface area contributed by atoms with Crippen molar-refractivity contribution in [3.05, 3.63) is 44.5 Å². The molecular formula is C18H19NO6S2. The van der Waals surface area contributed by atoms with E-state index in [0.29, 0.717) is 0 Å². The number of nitrogens with two attached hydrogens (primary N) is 1. The van der Waals surface area contributed by atoms with Crippen molar-refractivity contribution in [1.82, 2.24) is 0 Å². The van der Waals surface area contributed by atoms with Crippen LogP contribution >= 0.6 is 22.7 Å². The summed E-state index contributed by atoms with van der Waals surface area (Å²) in [5, 5.41) is 3.87. The summed E-state index contributed by atoms with van der Waals surface area (Å²) in [5.41, 5.74) is 6.98. The Balaban J connectivity index is 2.22. The maximum Gasteiger partial charge on any atom is 0.348 e. The SMILES string of the molecule is CCOC(=O)c1sc(N)c(C(=O)OCC)c1COC(=O)/C=C/c1ccsc1. The molecule has 0 radical (unpaired) electrons. The summed E-state index contributed by atoms with van der Waals surface area (Å²) in [4.78, 5) is 36.5. The highest BCUT2D eigenvalue weighted by molar-refractivity contribution is 7.18. The molecule has 2 heterocycles. The number of ether oxygens (including phenoxy) is 3. The van der Waals surface area contributed by atoms with Gasteiger partial charge in [-0.2, -0.15) is 11.3 Å². The average Bonchev–Trinajstić information content (AvgIpc) is 3.26. The van der Waals surface area contributed by atoms with Crippen LogP contribution < -0.4 is 5.73 Å². The van der Waals surface area contributed by atoms with Crippen LogP contribution in [0.3, 0.4) is 0 Å². The van der Waals surface area contributed by atoms with Crippen LogP contribution in [0.1, 0.15) is 45.0 Å². The summed E-state index contributed by atoms with van der Waals surface area (Å²) in [6.45, 7) is 3.32. The fraction of sp³-hybridized carbons (Fsp3) is 0.278. The van der Waals surface area contributed by atoms with Crippen molar-refractivity contribution in [2.24, 2.45) is 0 Å². The van der Waals surface area contributed by atoms with Gasteiger partial charge in [-0.1, -0.05) is 0 Å². The van der Waals surface area contributed by atoms with Crippen molar-refractivity contribution in [3.8, 4) is 0 Å². The first-order valence-corrected chi connectivity index (χ1v) is 9.86. The Labute approximate surface area is 164 Å². The molecule has 9 heteroatoms. The molecule has 0 spiro atoms. The molecule has 0 saturated heterocycles. The second kappa shape index (κ2) is 9.89. The van der Waals surface area contributed by atoms with Gasteiger partial charge in [-0.05, 0) is 42.3 Å². The Morgan fingerprint density at radius 3 is 2.44 bits per heavy atom. The van der Waals surface area contributed by atoms with Gasteiger partial charge in [0.2, 0.25) is 0 Å². The molecule has 27 heavy (non-hydrogen) atoms. The normalized spacial score (nSPS) is 10.7. The van der Waals surface area contributed by atoms with Gasteiger partial charge in [0.15, 0.2) is 0 Å². The lowest BCUT2D eigenvalue weighted by Crippen LogP contribution is -2.13. The predicted octanol–water partition coefficient (Wildman–Crippen LogP) is 3.50. The fourth-order valence-corrected chi connectivity index (χ4v) is 3.72. The molecule has 2 aromatic rings. The molecule has 0 amide bonds. The third kappa shape index (κ3) is 5.41. The van der Waals surface area contributed by atoms with E-state index in [0.717, 1.165) is 16.9 Å². The summed E-state index contributed by atoms with van der Waals surface area (Å²) < 4.78 is 15.2. The summed E-state index contributed by atoms with van der Waals surface area (Å²) in [6, 6.07) is 1.85. The van der Waals surface area contributed by atoms with Gasteiger partial charge >= 0.3 is 17.9 Å². The van der Waals surface area contributed by atoms with Crippen molar-refractivity contribution in [1.29, 1.82) is 0 Å². The number of carbonyl (C=O) groups is 3. The summed E-state index contributed by atoms with van der Waals surface area (Å²) in [7, 11) is 0. The van der Waals surface area contributed by atoms with Crippen LogP contribution in [0.15, 0.2) is 22.9 Å². The summed E-state index contributed by atoms with van der Waals surface area (Å²) in [6.07, 6.45) is 2.88. The molecule has 0 aromatic carbocycles.